The highest BCUT2D eigenvalue weighted by Gasteiger charge is 2.10. The number of hydrogen-bond acceptors (Lipinski definition) is 4. The summed E-state index contributed by atoms with van der Waals surface area (Å²) in [5, 5.41) is 10.2. The SMILES string of the molecule is COc1ccccc1Oc1cc(CO)nc2ccccc12. The minimum absolute atomic E-state index is 0.132. The zero-order valence-corrected chi connectivity index (χ0v) is 11.6. The summed E-state index contributed by atoms with van der Waals surface area (Å²) in [6.45, 7) is -0.132. The lowest BCUT2D eigenvalue weighted by atomic mass is 10.2. The predicted octanol–water partition coefficient (Wildman–Crippen LogP) is 3.53. The molecule has 0 fully saturated rings. The molecule has 3 aromatic rings. The minimum Gasteiger partial charge on any atom is -0.493 e. The molecule has 4 nitrogen and oxygen atoms in total. The first-order valence-electron chi connectivity index (χ1n) is 6.62. The number of benzene rings is 2. The average molecular weight is 281 g/mol. The number of nitrogens with zero attached hydrogens (tertiary/aromatic N) is 1. The first-order chi connectivity index (χ1) is 10.3. The molecule has 0 aliphatic rings. The van der Waals surface area contributed by atoms with Crippen LogP contribution in [0.4, 0.5) is 0 Å². The fourth-order valence-electron chi connectivity index (χ4n) is 2.18. The van der Waals surface area contributed by atoms with Crippen LogP contribution in [0, 0.1) is 0 Å². The fourth-order valence-corrected chi connectivity index (χ4v) is 2.18. The second kappa shape index (κ2) is 5.81. The van der Waals surface area contributed by atoms with E-state index in [1.807, 2.05) is 48.5 Å². The molecule has 1 N–H and O–H groups in total. The van der Waals surface area contributed by atoms with Crippen molar-refractivity contribution in [1.82, 2.24) is 4.98 Å². The molecule has 106 valence electrons. The van der Waals surface area contributed by atoms with Gasteiger partial charge in [-0.3, -0.25) is 4.98 Å². The Hall–Kier alpha value is -2.59. The van der Waals surface area contributed by atoms with E-state index in [9.17, 15) is 5.11 Å². The highest BCUT2D eigenvalue weighted by Crippen LogP contribution is 2.34. The summed E-state index contributed by atoms with van der Waals surface area (Å²) < 4.78 is 11.3. The molecule has 0 unspecified atom stereocenters. The Morgan fingerprint density at radius 3 is 2.43 bits per heavy atom. The standard InChI is InChI=1S/C17H15NO3/c1-20-15-8-4-5-9-16(15)21-17-10-12(11-19)18-14-7-3-2-6-13(14)17/h2-10,19H,11H2,1H3. The third-order valence-electron chi connectivity index (χ3n) is 3.18. The molecule has 2 aromatic carbocycles. The molecule has 0 saturated heterocycles. The van der Waals surface area contributed by atoms with Gasteiger partial charge in [-0.05, 0) is 24.3 Å². The number of rotatable bonds is 4. The monoisotopic (exact) mass is 281 g/mol. The van der Waals surface area contributed by atoms with Crippen molar-refractivity contribution in [2.24, 2.45) is 0 Å². The Kier molecular flexibility index (Phi) is 3.71. The Bertz CT molecular complexity index is 771. The molecule has 1 aromatic heterocycles. The van der Waals surface area contributed by atoms with Gasteiger partial charge in [0, 0.05) is 11.5 Å². The Balaban J connectivity index is 2.11. The van der Waals surface area contributed by atoms with Crippen LogP contribution < -0.4 is 9.47 Å². The molecule has 0 aliphatic carbocycles. The van der Waals surface area contributed by atoms with Crippen LogP contribution in [0.1, 0.15) is 5.69 Å². The third-order valence-corrected chi connectivity index (χ3v) is 3.18. The lowest BCUT2D eigenvalue weighted by Gasteiger charge is -2.12. The molecule has 21 heavy (non-hydrogen) atoms. The number of hydrogen-bond donors (Lipinski definition) is 1. The van der Waals surface area contributed by atoms with E-state index in [2.05, 4.69) is 4.98 Å². The molecular weight excluding hydrogens is 266 g/mol. The van der Waals surface area contributed by atoms with Crippen LogP contribution in [0.5, 0.6) is 17.2 Å². The number of ether oxygens (including phenoxy) is 2. The van der Waals surface area contributed by atoms with Crippen LogP contribution >= 0.6 is 0 Å². The van der Waals surface area contributed by atoms with Gasteiger partial charge in [0.1, 0.15) is 5.75 Å². The molecule has 0 saturated carbocycles. The Morgan fingerprint density at radius 1 is 0.952 bits per heavy atom. The van der Waals surface area contributed by atoms with E-state index in [1.54, 1.807) is 13.2 Å². The summed E-state index contributed by atoms with van der Waals surface area (Å²) in [6, 6.07) is 16.9. The van der Waals surface area contributed by atoms with Gasteiger partial charge in [-0.25, -0.2) is 0 Å². The van der Waals surface area contributed by atoms with Crippen molar-refractivity contribution >= 4 is 10.9 Å². The molecular formula is C17H15NO3. The molecule has 0 radical (unpaired) electrons. The van der Waals surface area contributed by atoms with Crippen LogP contribution in [0.3, 0.4) is 0 Å². The second-order valence-corrected chi connectivity index (χ2v) is 4.54. The fraction of sp³-hybridized carbons (Fsp3) is 0.118. The minimum atomic E-state index is -0.132. The van der Waals surface area contributed by atoms with Gasteiger partial charge in [-0.15, -0.1) is 0 Å². The molecule has 1 heterocycles. The third kappa shape index (κ3) is 2.66. The zero-order chi connectivity index (χ0) is 14.7. The normalized spacial score (nSPS) is 10.6. The quantitative estimate of drug-likeness (QED) is 0.795. The second-order valence-electron chi connectivity index (χ2n) is 4.54. The molecule has 0 bridgehead atoms. The van der Waals surface area contributed by atoms with Crippen molar-refractivity contribution in [3.8, 4) is 17.2 Å². The van der Waals surface area contributed by atoms with E-state index in [0.29, 0.717) is 22.9 Å². The summed E-state index contributed by atoms with van der Waals surface area (Å²) in [7, 11) is 1.60. The maximum Gasteiger partial charge on any atom is 0.169 e. The summed E-state index contributed by atoms with van der Waals surface area (Å²) in [4.78, 5) is 4.38. The largest absolute Gasteiger partial charge is 0.493 e. The van der Waals surface area contributed by atoms with Gasteiger partial charge in [0.05, 0.1) is 24.9 Å². The maximum absolute atomic E-state index is 9.35. The number of aromatic nitrogens is 1. The Morgan fingerprint density at radius 2 is 1.67 bits per heavy atom. The lowest BCUT2D eigenvalue weighted by Crippen LogP contribution is -1.95. The van der Waals surface area contributed by atoms with Crippen LogP contribution in [0.25, 0.3) is 10.9 Å². The topological polar surface area (TPSA) is 51.6 Å². The van der Waals surface area contributed by atoms with Crippen molar-refractivity contribution < 1.29 is 14.6 Å². The highest BCUT2D eigenvalue weighted by atomic mass is 16.5. The van der Waals surface area contributed by atoms with E-state index >= 15 is 0 Å². The molecule has 0 aliphatic heterocycles. The van der Waals surface area contributed by atoms with Crippen molar-refractivity contribution in [2.45, 2.75) is 6.61 Å². The number of pyridine rings is 1. The van der Waals surface area contributed by atoms with Crippen LogP contribution in [0.15, 0.2) is 54.6 Å². The van der Waals surface area contributed by atoms with E-state index in [1.165, 1.54) is 0 Å². The van der Waals surface area contributed by atoms with Crippen LogP contribution in [-0.4, -0.2) is 17.2 Å². The number of para-hydroxylation sites is 3. The van der Waals surface area contributed by atoms with Crippen molar-refractivity contribution in [1.29, 1.82) is 0 Å². The van der Waals surface area contributed by atoms with Gasteiger partial charge < -0.3 is 14.6 Å². The predicted molar refractivity (Wildman–Crippen MR) is 80.7 cm³/mol. The van der Waals surface area contributed by atoms with Crippen LogP contribution in [0.2, 0.25) is 0 Å². The number of methoxy groups -OCH3 is 1. The lowest BCUT2D eigenvalue weighted by molar-refractivity contribution is 0.276. The average Bonchev–Trinajstić information content (AvgIpc) is 2.55. The van der Waals surface area contributed by atoms with Gasteiger partial charge >= 0.3 is 0 Å². The van der Waals surface area contributed by atoms with Gasteiger partial charge in [0.15, 0.2) is 11.5 Å². The smallest absolute Gasteiger partial charge is 0.169 e. The van der Waals surface area contributed by atoms with E-state index in [4.69, 9.17) is 9.47 Å². The van der Waals surface area contributed by atoms with Crippen LogP contribution in [-0.2, 0) is 6.61 Å². The van der Waals surface area contributed by atoms with E-state index in [0.717, 1.165) is 10.9 Å². The summed E-state index contributed by atoms with van der Waals surface area (Å²) in [6.07, 6.45) is 0. The van der Waals surface area contributed by atoms with Crippen molar-refractivity contribution in [3.63, 3.8) is 0 Å². The first kappa shape index (κ1) is 13.4. The molecule has 0 atom stereocenters. The summed E-state index contributed by atoms with van der Waals surface area (Å²) in [5.74, 6) is 1.93. The number of aliphatic hydroxyl groups excluding tert-OH is 1. The molecule has 4 heteroatoms. The number of fused-ring (bicyclic) bond motifs is 1. The summed E-state index contributed by atoms with van der Waals surface area (Å²) in [5.41, 5.74) is 1.35. The van der Waals surface area contributed by atoms with E-state index in [-0.39, 0.29) is 6.61 Å². The van der Waals surface area contributed by atoms with Gasteiger partial charge in [0.2, 0.25) is 0 Å². The highest BCUT2D eigenvalue weighted by molar-refractivity contribution is 5.85. The molecule has 0 spiro atoms. The first-order valence-corrected chi connectivity index (χ1v) is 6.62. The van der Waals surface area contributed by atoms with Gasteiger partial charge in [-0.2, -0.15) is 0 Å². The van der Waals surface area contributed by atoms with Crippen molar-refractivity contribution in [3.05, 3.63) is 60.3 Å². The molecule has 0 amide bonds. The molecule has 3 rings (SSSR count). The van der Waals surface area contributed by atoms with Gasteiger partial charge in [0.25, 0.3) is 0 Å². The zero-order valence-electron chi connectivity index (χ0n) is 11.6. The van der Waals surface area contributed by atoms with E-state index < -0.39 is 0 Å². The summed E-state index contributed by atoms with van der Waals surface area (Å²) >= 11 is 0. The Labute approximate surface area is 122 Å². The van der Waals surface area contributed by atoms with Crippen molar-refractivity contribution in [2.75, 3.05) is 7.11 Å². The number of aliphatic hydroxyl groups is 1. The van der Waals surface area contributed by atoms with Gasteiger partial charge in [-0.1, -0.05) is 24.3 Å². The maximum atomic E-state index is 9.35.